The van der Waals surface area contributed by atoms with Crippen LogP contribution in [-0.4, -0.2) is 28.6 Å². The number of thioether (sulfide) groups is 1. The van der Waals surface area contributed by atoms with Crippen molar-refractivity contribution >= 4 is 40.3 Å². The predicted octanol–water partition coefficient (Wildman–Crippen LogP) is 2.27. The van der Waals surface area contributed by atoms with Gasteiger partial charge in [-0.05, 0) is 11.4 Å². The van der Waals surface area contributed by atoms with Gasteiger partial charge in [-0.3, -0.25) is 10.1 Å². The molecular weight excluding hydrogens is 310 g/mol. The number of nitrogens with one attached hydrogen (secondary N) is 2. The zero-order valence-corrected chi connectivity index (χ0v) is 13.2. The van der Waals surface area contributed by atoms with Crippen LogP contribution in [0, 0.1) is 0 Å². The molecule has 2 atom stereocenters. The second kappa shape index (κ2) is 6.71. The average molecular weight is 325 g/mol. The van der Waals surface area contributed by atoms with Crippen molar-refractivity contribution in [2.75, 3.05) is 11.6 Å². The van der Waals surface area contributed by atoms with Crippen molar-refractivity contribution in [3.8, 4) is 0 Å². The summed E-state index contributed by atoms with van der Waals surface area (Å²) in [6.07, 6.45) is 2.59. The van der Waals surface area contributed by atoms with E-state index in [1.165, 1.54) is 4.88 Å². The molecule has 3 rings (SSSR count). The molecule has 2 aromatic heterocycles. The Balaban J connectivity index is 1.70. The van der Waals surface area contributed by atoms with Gasteiger partial charge in [-0.15, -0.1) is 34.4 Å². The van der Waals surface area contributed by atoms with Crippen LogP contribution >= 0.6 is 34.4 Å². The highest BCUT2D eigenvalue weighted by Gasteiger charge is 2.26. The number of hydrogen-bond acceptors (Lipinski definition) is 6. The van der Waals surface area contributed by atoms with Crippen molar-refractivity contribution in [3.63, 3.8) is 0 Å². The van der Waals surface area contributed by atoms with Crippen LogP contribution in [0.3, 0.4) is 0 Å². The number of thiazole rings is 1. The quantitative estimate of drug-likeness (QED) is 0.885. The number of rotatable bonds is 5. The average Bonchev–Trinajstić information content (AvgIpc) is 3.20. The lowest BCUT2D eigenvalue weighted by molar-refractivity contribution is -0.123. The standard InChI is InChI=1S/C13H15N3OS3/c17-12(11-7-18-8-15-11)16-10(13-14-3-5-20-13)6-9-2-1-4-19-9/h1-5,10-11,15H,6-8H2,(H,16,17)/t10-,11+/m1/s1. The van der Waals surface area contributed by atoms with Gasteiger partial charge in [-0.2, -0.15) is 0 Å². The second-order valence-electron chi connectivity index (χ2n) is 4.49. The highest BCUT2D eigenvalue weighted by Crippen LogP contribution is 2.23. The molecule has 106 valence electrons. The van der Waals surface area contributed by atoms with E-state index in [1.807, 2.05) is 11.4 Å². The van der Waals surface area contributed by atoms with E-state index in [0.717, 1.165) is 23.1 Å². The molecule has 2 aromatic rings. The molecule has 1 fully saturated rings. The van der Waals surface area contributed by atoms with E-state index in [1.54, 1.807) is 40.6 Å². The van der Waals surface area contributed by atoms with Gasteiger partial charge >= 0.3 is 0 Å². The molecule has 1 saturated heterocycles. The Hall–Kier alpha value is -0.890. The Morgan fingerprint density at radius 1 is 1.50 bits per heavy atom. The minimum absolute atomic E-state index is 0.0338. The summed E-state index contributed by atoms with van der Waals surface area (Å²) in [5, 5.41) is 11.3. The molecule has 0 saturated carbocycles. The van der Waals surface area contributed by atoms with Crippen LogP contribution in [0.1, 0.15) is 15.9 Å². The Labute approximate surface area is 130 Å². The Bertz CT molecular complexity index is 535. The molecule has 2 N–H and O–H groups in total. The van der Waals surface area contributed by atoms with E-state index in [-0.39, 0.29) is 18.0 Å². The largest absolute Gasteiger partial charge is 0.345 e. The van der Waals surface area contributed by atoms with E-state index in [0.29, 0.717) is 0 Å². The van der Waals surface area contributed by atoms with Crippen LogP contribution in [0.2, 0.25) is 0 Å². The number of carbonyl (C=O) groups excluding carboxylic acids is 1. The van der Waals surface area contributed by atoms with Crippen molar-refractivity contribution in [3.05, 3.63) is 39.0 Å². The van der Waals surface area contributed by atoms with E-state index >= 15 is 0 Å². The lowest BCUT2D eigenvalue weighted by Crippen LogP contribution is -2.43. The second-order valence-corrected chi connectivity index (χ2v) is 7.48. The predicted molar refractivity (Wildman–Crippen MR) is 85.3 cm³/mol. The molecular formula is C13H15N3OS3. The van der Waals surface area contributed by atoms with E-state index in [2.05, 4.69) is 27.1 Å². The first-order valence-electron chi connectivity index (χ1n) is 6.36. The molecule has 20 heavy (non-hydrogen) atoms. The summed E-state index contributed by atoms with van der Waals surface area (Å²) >= 11 is 5.06. The highest BCUT2D eigenvalue weighted by molar-refractivity contribution is 7.99. The van der Waals surface area contributed by atoms with Crippen molar-refractivity contribution in [2.24, 2.45) is 0 Å². The zero-order valence-electron chi connectivity index (χ0n) is 10.7. The van der Waals surface area contributed by atoms with Gasteiger partial charge in [-0.25, -0.2) is 4.98 Å². The van der Waals surface area contributed by atoms with Gasteiger partial charge in [0.25, 0.3) is 0 Å². The molecule has 3 heterocycles. The molecule has 0 spiro atoms. The smallest absolute Gasteiger partial charge is 0.238 e. The number of amides is 1. The Morgan fingerprint density at radius 3 is 3.10 bits per heavy atom. The monoisotopic (exact) mass is 325 g/mol. The van der Waals surface area contributed by atoms with Crippen LogP contribution in [0.25, 0.3) is 0 Å². The Morgan fingerprint density at radius 2 is 2.45 bits per heavy atom. The summed E-state index contributed by atoms with van der Waals surface area (Å²) in [4.78, 5) is 17.9. The number of nitrogens with zero attached hydrogens (tertiary/aromatic N) is 1. The lowest BCUT2D eigenvalue weighted by atomic mass is 10.1. The first-order valence-corrected chi connectivity index (χ1v) is 9.27. The minimum atomic E-state index is -0.0780. The fraction of sp³-hybridized carbons (Fsp3) is 0.385. The summed E-state index contributed by atoms with van der Waals surface area (Å²) in [5.41, 5.74) is 0. The van der Waals surface area contributed by atoms with Crippen molar-refractivity contribution in [2.45, 2.75) is 18.5 Å². The summed E-state index contributed by atoms with van der Waals surface area (Å²) in [7, 11) is 0. The first kappa shape index (κ1) is 14.1. The van der Waals surface area contributed by atoms with Gasteiger partial charge in [0, 0.05) is 34.5 Å². The van der Waals surface area contributed by atoms with Crippen LogP contribution < -0.4 is 10.6 Å². The molecule has 0 bridgehead atoms. The van der Waals surface area contributed by atoms with Gasteiger partial charge in [0.2, 0.25) is 5.91 Å². The summed E-state index contributed by atoms with van der Waals surface area (Å²) in [6, 6.07) is 4.02. The fourth-order valence-electron chi connectivity index (χ4n) is 2.07. The van der Waals surface area contributed by atoms with Crippen molar-refractivity contribution in [1.29, 1.82) is 0 Å². The van der Waals surface area contributed by atoms with Gasteiger partial charge in [0.15, 0.2) is 0 Å². The van der Waals surface area contributed by atoms with Crippen LogP contribution in [0.4, 0.5) is 0 Å². The maximum Gasteiger partial charge on any atom is 0.238 e. The number of aromatic nitrogens is 1. The van der Waals surface area contributed by atoms with Gasteiger partial charge in [0.1, 0.15) is 5.01 Å². The molecule has 1 amide bonds. The first-order chi connectivity index (χ1) is 9.83. The van der Waals surface area contributed by atoms with Crippen molar-refractivity contribution in [1.82, 2.24) is 15.6 Å². The molecule has 1 aliphatic rings. The van der Waals surface area contributed by atoms with Crippen LogP contribution in [0.5, 0.6) is 0 Å². The maximum atomic E-state index is 12.3. The van der Waals surface area contributed by atoms with Gasteiger partial charge in [-0.1, -0.05) is 6.07 Å². The summed E-state index contributed by atoms with van der Waals surface area (Å²) in [6.45, 7) is 0. The fourth-order valence-corrected chi connectivity index (χ4v) is 4.46. The molecule has 1 aliphatic heterocycles. The maximum absolute atomic E-state index is 12.3. The van der Waals surface area contributed by atoms with Gasteiger partial charge in [0.05, 0.1) is 12.1 Å². The third-order valence-corrected chi connectivity index (χ3v) is 5.81. The SMILES string of the molecule is O=C(N[C@H](Cc1cccs1)c1nccs1)[C@@H]1CSCN1. The summed E-state index contributed by atoms with van der Waals surface area (Å²) < 4.78 is 0. The molecule has 7 heteroatoms. The van der Waals surface area contributed by atoms with E-state index < -0.39 is 0 Å². The van der Waals surface area contributed by atoms with Crippen LogP contribution in [-0.2, 0) is 11.2 Å². The third kappa shape index (κ3) is 3.41. The molecule has 0 aliphatic carbocycles. The minimum Gasteiger partial charge on any atom is -0.345 e. The highest BCUT2D eigenvalue weighted by atomic mass is 32.2. The molecule has 0 unspecified atom stereocenters. The number of thiophene rings is 1. The third-order valence-electron chi connectivity index (χ3n) is 3.08. The van der Waals surface area contributed by atoms with E-state index in [9.17, 15) is 4.79 Å². The zero-order chi connectivity index (χ0) is 13.8. The Kier molecular flexibility index (Phi) is 4.72. The van der Waals surface area contributed by atoms with Crippen LogP contribution in [0.15, 0.2) is 29.1 Å². The normalized spacial score (nSPS) is 19.9. The molecule has 0 radical (unpaired) electrons. The topological polar surface area (TPSA) is 54.0 Å². The van der Waals surface area contributed by atoms with Crippen molar-refractivity contribution < 1.29 is 4.79 Å². The lowest BCUT2D eigenvalue weighted by Gasteiger charge is -2.18. The van der Waals surface area contributed by atoms with Gasteiger partial charge < -0.3 is 5.32 Å². The summed E-state index contributed by atoms with van der Waals surface area (Å²) in [5.74, 6) is 1.77. The number of carbonyl (C=O) groups is 1. The molecule has 0 aromatic carbocycles. The molecule has 4 nitrogen and oxygen atoms in total. The van der Waals surface area contributed by atoms with E-state index in [4.69, 9.17) is 0 Å². The number of hydrogen-bond donors (Lipinski definition) is 2.